The molecule has 104 valence electrons. The Labute approximate surface area is 118 Å². The van der Waals surface area contributed by atoms with Crippen LogP contribution in [-0.2, 0) is 13.2 Å². The largest absolute Gasteiger partial charge is 0.412 e. The lowest BCUT2D eigenvalue weighted by Crippen LogP contribution is -2.26. The molecule has 0 aliphatic heterocycles. The molecule has 0 aromatic heterocycles. The van der Waals surface area contributed by atoms with E-state index in [-0.39, 0.29) is 6.61 Å². The van der Waals surface area contributed by atoms with Crippen LogP contribution in [0.3, 0.4) is 0 Å². The first kappa shape index (κ1) is 14.1. The maximum Gasteiger partial charge on any atom is 0.412 e. The summed E-state index contributed by atoms with van der Waals surface area (Å²) in [5.41, 5.74) is 2.97. The van der Waals surface area contributed by atoms with Crippen molar-refractivity contribution in [2.45, 2.75) is 20.1 Å². The SMILES string of the molecule is Cc1ccc(CNC(=O)Oc2ccc(CO)cc2)cc1. The van der Waals surface area contributed by atoms with E-state index in [1.165, 1.54) is 5.56 Å². The van der Waals surface area contributed by atoms with Gasteiger partial charge in [0.15, 0.2) is 0 Å². The van der Waals surface area contributed by atoms with Crippen molar-refractivity contribution in [3.8, 4) is 5.75 Å². The summed E-state index contributed by atoms with van der Waals surface area (Å²) in [5.74, 6) is 0.448. The maximum atomic E-state index is 11.6. The van der Waals surface area contributed by atoms with Crippen molar-refractivity contribution >= 4 is 6.09 Å². The summed E-state index contributed by atoms with van der Waals surface area (Å²) < 4.78 is 5.13. The highest BCUT2D eigenvalue weighted by molar-refractivity contribution is 5.70. The lowest BCUT2D eigenvalue weighted by Gasteiger charge is -2.07. The van der Waals surface area contributed by atoms with E-state index in [9.17, 15) is 4.79 Å². The lowest BCUT2D eigenvalue weighted by atomic mass is 10.1. The van der Waals surface area contributed by atoms with Gasteiger partial charge in [-0.3, -0.25) is 0 Å². The van der Waals surface area contributed by atoms with Crippen molar-refractivity contribution in [3.05, 3.63) is 65.2 Å². The van der Waals surface area contributed by atoms with E-state index in [4.69, 9.17) is 9.84 Å². The molecule has 0 atom stereocenters. The van der Waals surface area contributed by atoms with Gasteiger partial charge in [0.2, 0.25) is 0 Å². The van der Waals surface area contributed by atoms with Gasteiger partial charge in [-0.25, -0.2) is 4.79 Å². The number of aryl methyl sites for hydroxylation is 1. The molecule has 0 spiro atoms. The number of ether oxygens (including phenoxy) is 1. The number of carbonyl (C=O) groups is 1. The fourth-order valence-corrected chi connectivity index (χ4v) is 1.69. The van der Waals surface area contributed by atoms with Crippen LogP contribution < -0.4 is 10.1 Å². The molecule has 0 saturated carbocycles. The third kappa shape index (κ3) is 4.10. The summed E-state index contributed by atoms with van der Waals surface area (Å²) >= 11 is 0. The van der Waals surface area contributed by atoms with E-state index in [2.05, 4.69) is 5.32 Å². The molecule has 0 saturated heterocycles. The summed E-state index contributed by atoms with van der Waals surface area (Å²) in [6, 6.07) is 14.6. The first-order valence-corrected chi connectivity index (χ1v) is 6.38. The zero-order valence-corrected chi connectivity index (χ0v) is 11.3. The molecule has 0 fully saturated rings. The molecule has 20 heavy (non-hydrogen) atoms. The predicted octanol–water partition coefficient (Wildman–Crippen LogP) is 2.78. The fraction of sp³-hybridized carbons (Fsp3) is 0.188. The second-order valence-corrected chi connectivity index (χ2v) is 4.53. The molecule has 0 heterocycles. The summed E-state index contributed by atoms with van der Waals surface area (Å²) in [5, 5.41) is 11.6. The van der Waals surface area contributed by atoms with Crippen LogP contribution in [0.5, 0.6) is 5.75 Å². The molecule has 2 aromatic rings. The molecule has 0 radical (unpaired) electrons. The smallest absolute Gasteiger partial charge is 0.410 e. The summed E-state index contributed by atoms with van der Waals surface area (Å²) in [6.45, 7) is 2.41. The van der Waals surface area contributed by atoms with Gasteiger partial charge in [0.1, 0.15) is 5.75 Å². The van der Waals surface area contributed by atoms with Gasteiger partial charge in [0.05, 0.1) is 6.61 Å². The number of benzene rings is 2. The van der Waals surface area contributed by atoms with Gasteiger partial charge in [-0.05, 0) is 30.2 Å². The third-order valence-electron chi connectivity index (χ3n) is 2.87. The second-order valence-electron chi connectivity index (χ2n) is 4.53. The molecule has 0 aliphatic carbocycles. The zero-order chi connectivity index (χ0) is 14.4. The van der Waals surface area contributed by atoms with Crippen molar-refractivity contribution in [1.82, 2.24) is 5.32 Å². The molecule has 0 unspecified atom stereocenters. The number of hydrogen-bond donors (Lipinski definition) is 2. The molecular formula is C16H17NO3. The third-order valence-corrected chi connectivity index (χ3v) is 2.87. The number of carbonyl (C=O) groups excluding carboxylic acids is 1. The average molecular weight is 271 g/mol. The van der Waals surface area contributed by atoms with Crippen LogP contribution in [0, 0.1) is 6.92 Å². The number of nitrogens with one attached hydrogen (secondary N) is 1. The predicted molar refractivity (Wildman–Crippen MR) is 76.4 cm³/mol. The number of rotatable bonds is 4. The van der Waals surface area contributed by atoms with E-state index >= 15 is 0 Å². The Bertz CT molecular complexity index is 561. The minimum Gasteiger partial charge on any atom is -0.410 e. The van der Waals surface area contributed by atoms with Gasteiger partial charge in [-0.1, -0.05) is 42.0 Å². The van der Waals surface area contributed by atoms with Crippen molar-refractivity contribution in [1.29, 1.82) is 0 Å². The Hall–Kier alpha value is -2.33. The van der Waals surface area contributed by atoms with Gasteiger partial charge in [0, 0.05) is 6.54 Å². The molecule has 0 aliphatic rings. The van der Waals surface area contributed by atoms with E-state index in [0.717, 1.165) is 11.1 Å². The van der Waals surface area contributed by atoms with Crippen LogP contribution in [0.2, 0.25) is 0 Å². The molecule has 2 aromatic carbocycles. The Morgan fingerprint density at radius 3 is 2.25 bits per heavy atom. The number of amides is 1. The Morgan fingerprint density at radius 1 is 1.05 bits per heavy atom. The molecule has 1 amide bonds. The normalized spacial score (nSPS) is 10.1. The van der Waals surface area contributed by atoms with E-state index in [1.807, 2.05) is 31.2 Å². The Kier molecular flexibility index (Phi) is 4.74. The highest BCUT2D eigenvalue weighted by atomic mass is 16.6. The second kappa shape index (κ2) is 6.73. The van der Waals surface area contributed by atoms with Gasteiger partial charge in [-0.15, -0.1) is 0 Å². The van der Waals surface area contributed by atoms with Crippen LogP contribution in [0.15, 0.2) is 48.5 Å². The summed E-state index contributed by atoms with van der Waals surface area (Å²) in [6.07, 6.45) is -0.498. The van der Waals surface area contributed by atoms with Crippen LogP contribution in [0.25, 0.3) is 0 Å². The summed E-state index contributed by atoms with van der Waals surface area (Å²) in [7, 11) is 0. The van der Waals surface area contributed by atoms with Crippen molar-refractivity contribution in [2.24, 2.45) is 0 Å². The van der Waals surface area contributed by atoms with Crippen molar-refractivity contribution in [3.63, 3.8) is 0 Å². The minimum absolute atomic E-state index is 0.0279. The average Bonchev–Trinajstić information content (AvgIpc) is 2.47. The quantitative estimate of drug-likeness (QED) is 0.899. The first-order valence-electron chi connectivity index (χ1n) is 6.38. The van der Waals surface area contributed by atoms with E-state index in [0.29, 0.717) is 12.3 Å². The summed E-state index contributed by atoms with van der Waals surface area (Å²) in [4.78, 5) is 11.6. The number of hydrogen-bond acceptors (Lipinski definition) is 3. The van der Waals surface area contributed by atoms with Gasteiger partial charge in [0.25, 0.3) is 0 Å². The molecule has 4 nitrogen and oxygen atoms in total. The Morgan fingerprint density at radius 2 is 1.65 bits per heavy atom. The van der Waals surface area contributed by atoms with E-state index < -0.39 is 6.09 Å². The maximum absolute atomic E-state index is 11.6. The van der Waals surface area contributed by atoms with Gasteiger partial charge >= 0.3 is 6.09 Å². The monoisotopic (exact) mass is 271 g/mol. The number of aliphatic hydroxyl groups excluding tert-OH is 1. The fourth-order valence-electron chi connectivity index (χ4n) is 1.69. The topological polar surface area (TPSA) is 58.6 Å². The first-order chi connectivity index (χ1) is 9.67. The standard InChI is InChI=1S/C16H17NO3/c1-12-2-4-13(5-3-12)10-17-16(19)20-15-8-6-14(11-18)7-9-15/h2-9,18H,10-11H2,1H3,(H,17,19). The molecule has 0 bridgehead atoms. The molecule has 2 N–H and O–H groups in total. The minimum atomic E-state index is -0.498. The zero-order valence-electron chi connectivity index (χ0n) is 11.3. The number of aliphatic hydroxyl groups is 1. The molecule has 4 heteroatoms. The lowest BCUT2D eigenvalue weighted by molar-refractivity contribution is 0.200. The van der Waals surface area contributed by atoms with Crippen LogP contribution in [0.1, 0.15) is 16.7 Å². The Balaban J connectivity index is 1.84. The molecular weight excluding hydrogens is 254 g/mol. The van der Waals surface area contributed by atoms with Crippen LogP contribution >= 0.6 is 0 Å². The highest BCUT2D eigenvalue weighted by Crippen LogP contribution is 2.12. The van der Waals surface area contributed by atoms with Crippen LogP contribution in [-0.4, -0.2) is 11.2 Å². The van der Waals surface area contributed by atoms with Gasteiger partial charge < -0.3 is 15.2 Å². The van der Waals surface area contributed by atoms with Crippen LogP contribution in [0.4, 0.5) is 4.79 Å². The van der Waals surface area contributed by atoms with Crippen molar-refractivity contribution in [2.75, 3.05) is 0 Å². The van der Waals surface area contributed by atoms with E-state index in [1.54, 1.807) is 24.3 Å². The van der Waals surface area contributed by atoms with Crippen molar-refractivity contribution < 1.29 is 14.6 Å². The highest BCUT2D eigenvalue weighted by Gasteiger charge is 2.04. The molecule has 2 rings (SSSR count). The van der Waals surface area contributed by atoms with Gasteiger partial charge in [-0.2, -0.15) is 0 Å².